The van der Waals surface area contributed by atoms with Gasteiger partial charge >= 0.3 is 0 Å². The highest BCUT2D eigenvalue weighted by molar-refractivity contribution is 7.90. The lowest BCUT2D eigenvalue weighted by Gasteiger charge is -2.02. The van der Waals surface area contributed by atoms with Crippen LogP contribution in [-0.2, 0) is 9.84 Å². The van der Waals surface area contributed by atoms with Gasteiger partial charge in [0.2, 0.25) is 0 Å². The van der Waals surface area contributed by atoms with Crippen LogP contribution in [0.3, 0.4) is 0 Å². The lowest BCUT2D eigenvalue weighted by molar-refractivity contribution is 0.0997. The van der Waals surface area contributed by atoms with Gasteiger partial charge in [0.25, 0.3) is 5.91 Å². The van der Waals surface area contributed by atoms with E-state index >= 15 is 0 Å². The lowest BCUT2D eigenvalue weighted by Crippen LogP contribution is -2.11. The zero-order valence-corrected chi connectivity index (χ0v) is 8.21. The van der Waals surface area contributed by atoms with Crippen LogP contribution in [0.5, 0.6) is 5.75 Å². The first-order valence-corrected chi connectivity index (χ1v) is 5.54. The molecule has 0 aliphatic rings. The van der Waals surface area contributed by atoms with E-state index in [9.17, 15) is 18.3 Å². The molecule has 0 bridgehead atoms. The second kappa shape index (κ2) is 3.30. The number of hydrogen-bond acceptors (Lipinski definition) is 4. The van der Waals surface area contributed by atoms with Crippen LogP contribution in [0, 0.1) is 0 Å². The van der Waals surface area contributed by atoms with Crippen LogP contribution in [0.15, 0.2) is 23.1 Å². The maximum absolute atomic E-state index is 11.0. The fourth-order valence-electron chi connectivity index (χ4n) is 0.950. The van der Waals surface area contributed by atoms with Gasteiger partial charge in [0.1, 0.15) is 5.75 Å². The van der Waals surface area contributed by atoms with Crippen molar-refractivity contribution in [3.05, 3.63) is 23.8 Å². The summed E-state index contributed by atoms with van der Waals surface area (Å²) in [7, 11) is -3.38. The van der Waals surface area contributed by atoms with Crippen molar-refractivity contribution in [3.8, 4) is 5.75 Å². The van der Waals surface area contributed by atoms with E-state index in [1.54, 1.807) is 0 Å². The van der Waals surface area contributed by atoms with Crippen LogP contribution in [-0.4, -0.2) is 25.7 Å². The molecule has 0 atom stereocenters. The molecule has 0 saturated heterocycles. The second-order valence-corrected chi connectivity index (χ2v) is 4.83. The minimum Gasteiger partial charge on any atom is -0.507 e. The second-order valence-electron chi connectivity index (χ2n) is 2.82. The fraction of sp³-hybridized carbons (Fsp3) is 0.125. The van der Waals surface area contributed by atoms with Crippen molar-refractivity contribution in [1.82, 2.24) is 0 Å². The van der Waals surface area contributed by atoms with Gasteiger partial charge in [0.05, 0.1) is 10.5 Å². The van der Waals surface area contributed by atoms with Crippen molar-refractivity contribution < 1.29 is 18.3 Å². The van der Waals surface area contributed by atoms with E-state index in [1.165, 1.54) is 12.1 Å². The van der Waals surface area contributed by atoms with Crippen molar-refractivity contribution in [2.24, 2.45) is 5.73 Å². The fourth-order valence-corrected chi connectivity index (χ4v) is 1.59. The van der Waals surface area contributed by atoms with Crippen molar-refractivity contribution >= 4 is 15.7 Å². The molecule has 3 N–H and O–H groups in total. The summed E-state index contributed by atoms with van der Waals surface area (Å²) < 4.78 is 22.1. The van der Waals surface area contributed by atoms with Gasteiger partial charge in [0, 0.05) is 6.26 Å². The summed E-state index contributed by atoms with van der Waals surface area (Å²) in [6.07, 6.45) is 1.01. The van der Waals surface area contributed by atoms with Crippen molar-refractivity contribution in [2.75, 3.05) is 6.26 Å². The first-order chi connectivity index (χ1) is 6.32. The summed E-state index contributed by atoms with van der Waals surface area (Å²) in [6.45, 7) is 0. The van der Waals surface area contributed by atoms with Gasteiger partial charge in [0.15, 0.2) is 9.84 Å². The number of amides is 1. The average molecular weight is 215 g/mol. The predicted molar refractivity (Wildman–Crippen MR) is 49.7 cm³/mol. The topological polar surface area (TPSA) is 97.5 Å². The van der Waals surface area contributed by atoms with E-state index in [-0.39, 0.29) is 10.5 Å². The van der Waals surface area contributed by atoms with Gasteiger partial charge in [-0.25, -0.2) is 8.42 Å². The Labute approximate surface area is 81.1 Å². The standard InChI is InChI=1S/C8H9NO4S/c1-14(12,13)5-2-3-6(8(9)11)7(10)4-5/h2-4,10H,1H3,(H2,9,11). The number of carbonyl (C=O) groups excluding carboxylic acids is 1. The molecule has 0 aromatic heterocycles. The summed E-state index contributed by atoms with van der Waals surface area (Å²) in [5.41, 5.74) is 4.83. The zero-order valence-electron chi connectivity index (χ0n) is 7.39. The molecule has 0 heterocycles. The highest BCUT2D eigenvalue weighted by atomic mass is 32.2. The molecule has 0 radical (unpaired) electrons. The summed E-state index contributed by atoms with van der Waals surface area (Å²) in [4.78, 5) is 10.6. The first-order valence-electron chi connectivity index (χ1n) is 3.65. The predicted octanol–water partition coefficient (Wildman–Crippen LogP) is -0.105. The van der Waals surface area contributed by atoms with E-state index in [2.05, 4.69) is 0 Å². The number of primary amides is 1. The molecule has 1 aromatic carbocycles. The molecule has 0 unspecified atom stereocenters. The van der Waals surface area contributed by atoms with E-state index in [0.29, 0.717) is 0 Å². The van der Waals surface area contributed by atoms with Gasteiger partial charge in [-0.1, -0.05) is 0 Å². The summed E-state index contributed by atoms with van der Waals surface area (Å²) >= 11 is 0. The maximum Gasteiger partial charge on any atom is 0.252 e. The normalized spacial score (nSPS) is 11.2. The number of hydrogen-bond donors (Lipinski definition) is 2. The largest absolute Gasteiger partial charge is 0.507 e. The van der Waals surface area contributed by atoms with Crippen LogP contribution in [0.25, 0.3) is 0 Å². The average Bonchev–Trinajstić information content (AvgIpc) is 2.01. The van der Waals surface area contributed by atoms with Crippen LogP contribution < -0.4 is 5.73 Å². The third kappa shape index (κ3) is 2.02. The van der Waals surface area contributed by atoms with E-state index < -0.39 is 21.5 Å². The van der Waals surface area contributed by atoms with E-state index in [1.807, 2.05) is 0 Å². The van der Waals surface area contributed by atoms with E-state index in [0.717, 1.165) is 12.3 Å². The summed E-state index contributed by atoms with van der Waals surface area (Å²) in [5.74, 6) is -1.23. The Kier molecular flexibility index (Phi) is 2.48. The number of sulfone groups is 1. The molecule has 14 heavy (non-hydrogen) atoms. The number of nitrogens with two attached hydrogens (primary N) is 1. The first kappa shape index (κ1) is 10.5. The Hall–Kier alpha value is -1.56. The Morgan fingerprint density at radius 1 is 1.43 bits per heavy atom. The molecule has 0 spiro atoms. The molecule has 1 amide bonds. The number of rotatable bonds is 2. The third-order valence-electron chi connectivity index (χ3n) is 1.66. The molecule has 0 fully saturated rings. The lowest BCUT2D eigenvalue weighted by atomic mass is 10.2. The maximum atomic E-state index is 11.0. The SMILES string of the molecule is CS(=O)(=O)c1ccc(C(N)=O)c(O)c1. The number of aromatic hydroxyl groups is 1. The Balaban J connectivity index is 3.34. The molecule has 0 aliphatic heterocycles. The number of phenols is 1. The smallest absolute Gasteiger partial charge is 0.252 e. The summed E-state index contributed by atoms with van der Waals surface area (Å²) in [6, 6.07) is 3.39. The molecule has 0 aliphatic carbocycles. The highest BCUT2D eigenvalue weighted by Gasteiger charge is 2.12. The van der Waals surface area contributed by atoms with Gasteiger partial charge in [-0.2, -0.15) is 0 Å². The Bertz CT molecular complexity index is 478. The zero-order chi connectivity index (χ0) is 10.9. The molecular weight excluding hydrogens is 206 g/mol. The molecule has 0 saturated carbocycles. The van der Waals surface area contributed by atoms with Crippen LogP contribution in [0.2, 0.25) is 0 Å². The minimum absolute atomic E-state index is 0.0556. The monoisotopic (exact) mass is 215 g/mol. The van der Waals surface area contributed by atoms with Crippen molar-refractivity contribution in [2.45, 2.75) is 4.90 Å². The van der Waals surface area contributed by atoms with Crippen LogP contribution >= 0.6 is 0 Å². The van der Waals surface area contributed by atoms with Gasteiger partial charge in [-0.05, 0) is 18.2 Å². The quantitative estimate of drug-likeness (QED) is 0.719. The molecule has 1 rings (SSSR count). The van der Waals surface area contributed by atoms with Crippen molar-refractivity contribution in [1.29, 1.82) is 0 Å². The highest BCUT2D eigenvalue weighted by Crippen LogP contribution is 2.20. The van der Waals surface area contributed by atoms with Crippen molar-refractivity contribution in [3.63, 3.8) is 0 Å². The minimum atomic E-state index is -3.38. The summed E-state index contributed by atoms with van der Waals surface area (Å²) in [5, 5.41) is 9.26. The van der Waals surface area contributed by atoms with Crippen LogP contribution in [0.1, 0.15) is 10.4 Å². The molecule has 76 valence electrons. The molecule has 1 aromatic rings. The number of benzene rings is 1. The molecule has 6 heteroatoms. The Morgan fingerprint density at radius 3 is 2.36 bits per heavy atom. The van der Waals surface area contributed by atoms with Crippen LogP contribution in [0.4, 0.5) is 0 Å². The molecular formula is C8H9NO4S. The van der Waals surface area contributed by atoms with Gasteiger partial charge in [-0.3, -0.25) is 4.79 Å². The molecule has 5 nitrogen and oxygen atoms in total. The Morgan fingerprint density at radius 2 is 2.00 bits per heavy atom. The van der Waals surface area contributed by atoms with Gasteiger partial charge in [-0.15, -0.1) is 0 Å². The van der Waals surface area contributed by atoms with Gasteiger partial charge < -0.3 is 10.8 Å². The number of carbonyl (C=O) groups is 1. The third-order valence-corrected chi connectivity index (χ3v) is 2.77. The van der Waals surface area contributed by atoms with E-state index in [4.69, 9.17) is 5.73 Å².